The first-order valence-electron chi connectivity index (χ1n) is 5.81. The zero-order valence-electron chi connectivity index (χ0n) is 10.0. The maximum atomic E-state index is 11.4. The van der Waals surface area contributed by atoms with Crippen LogP contribution in [0.4, 0.5) is 0 Å². The molecule has 1 aromatic heterocycles. The molecule has 2 N–H and O–H groups in total. The number of hydrogen-bond acceptors (Lipinski definition) is 3. The Kier molecular flexibility index (Phi) is 6.11. The minimum Gasteiger partial charge on any atom is -0.351 e. The molecule has 0 spiro atoms. The first kappa shape index (κ1) is 13.2. The summed E-state index contributed by atoms with van der Waals surface area (Å²) in [5.74, 6) is 0.118. The van der Waals surface area contributed by atoms with E-state index in [4.69, 9.17) is 0 Å². The summed E-state index contributed by atoms with van der Waals surface area (Å²) in [6.45, 7) is 6.51. The summed E-state index contributed by atoms with van der Waals surface area (Å²) in [7, 11) is 0. The largest absolute Gasteiger partial charge is 0.351 e. The third-order valence-electron chi connectivity index (χ3n) is 2.30. The summed E-state index contributed by atoms with van der Waals surface area (Å²) < 4.78 is 0. The number of aryl methyl sites for hydroxylation is 1. The zero-order valence-corrected chi connectivity index (χ0v) is 10.8. The molecule has 16 heavy (non-hydrogen) atoms. The van der Waals surface area contributed by atoms with E-state index in [-0.39, 0.29) is 5.91 Å². The van der Waals surface area contributed by atoms with E-state index in [9.17, 15) is 4.79 Å². The predicted octanol–water partition coefficient (Wildman–Crippen LogP) is 1.93. The van der Waals surface area contributed by atoms with Crippen LogP contribution in [0.2, 0.25) is 0 Å². The molecule has 1 heterocycles. The molecule has 0 aromatic carbocycles. The molecule has 0 saturated heterocycles. The van der Waals surface area contributed by atoms with Crippen LogP contribution in [0, 0.1) is 0 Å². The van der Waals surface area contributed by atoms with Crippen molar-refractivity contribution in [3.05, 3.63) is 21.9 Å². The monoisotopic (exact) mass is 240 g/mol. The maximum absolute atomic E-state index is 11.4. The Hall–Kier alpha value is -0.870. The molecular formula is C12H20N2OS. The summed E-state index contributed by atoms with van der Waals surface area (Å²) in [6.07, 6.45) is 1.62. The molecule has 0 aliphatic carbocycles. The van der Waals surface area contributed by atoms with Crippen LogP contribution in [0.3, 0.4) is 0 Å². The average Bonchev–Trinajstić information content (AvgIpc) is 2.74. The Morgan fingerprint density at radius 3 is 2.69 bits per heavy atom. The van der Waals surface area contributed by atoms with Crippen molar-refractivity contribution in [1.29, 1.82) is 0 Å². The molecule has 1 rings (SSSR count). The van der Waals surface area contributed by atoms with Gasteiger partial charge in [0.25, 0.3) is 0 Å². The Morgan fingerprint density at radius 1 is 1.31 bits per heavy atom. The van der Waals surface area contributed by atoms with E-state index in [0.717, 1.165) is 19.5 Å². The maximum Gasteiger partial charge on any atom is 0.221 e. The highest BCUT2D eigenvalue weighted by Gasteiger charge is 2.02. The van der Waals surface area contributed by atoms with Gasteiger partial charge in [-0.1, -0.05) is 13.8 Å². The van der Waals surface area contributed by atoms with Gasteiger partial charge in [-0.05, 0) is 25.1 Å². The first-order chi connectivity index (χ1) is 7.76. The van der Waals surface area contributed by atoms with Gasteiger partial charge in [-0.3, -0.25) is 4.79 Å². The van der Waals surface area contributed by atoms with Crippen LogP contribution in [0.15, 0.2) is 12.1 Å². The van der Waals surface area contributed by atoms with Crippen molar-refractivity contribution in [2.45, 2.75) is 33.2 Å². The van der Waals surface area contributed by atoms with Crippen LogP contribution in [-0.2, 0) is 17.8 Å². The molecule has 0 unspecified atom stereocenters. The summed E-state index contributed by atoms with van der Waals surface area (Å²) in [5, 5.41) is 6.06. The predicted molar refractivity (Wildman–Crippen MR) is 68.7 cm³/mol. The standard InChI is InChI=1S/C12H20N2OS/c1-3-10-5-6-11(16-10)9-14-12(15)7-8-13-4-2/h5-6,13H,3-4,7-9H2,1-2H3,(H,14,15). The van der Waals surface area contributed by atoms with Gasteiger partial charge in [0.05, 0.1) is 6.54 Å². The van der Waals surface area contributed by atoms with Crippen LogP contribution in [0.5, 0.6) is 0 Å². The van der Waals surface area contributed by atoms with Crippen molar-refractivity contribution >= 4 is 17.2 Å². The Balaban J connectivity index is 2.20. The molecule has 4 heteroatoms. The summed E-state index contributed by atoms with van der Waals surface area (Å²) in [6, 6.07) is 4.22. The molecule has 0 aliphatic rings. The molecule has 0 bridgehead atoms. The van der Waals surface area contributed by atoms with Crippen LogP contribution in [0.25, 0.3) is 0 Å². The smallest absolute Gasteiger partial charge is 0.221 e. The van der Waals surface area contributed by atoms with Gasteiger partial charge < -0.3 is 10.6 Å². The van der Waals surface area contributed by atoms with Crippen LogP contribution in [0.1, 0.15) is 30.0 Å². The van der Waals surface area contributed by atoms with Gasteiger partial charge in [0.15, 0.2) is 0 Å². The van der Waals surface area contributed by atoms with Gasteiger partial charge in [0, 0.05) is 22.7 Å². The molecule has 1 amide bonds. The second kappa shape index (κ2) is 7.41. The lowest BCUT2D eigenvalue weighted by Crippen LogP contribution is -2.26. The average molecular weight is 240 g/mol. The van der Waals surface area contributed by atoms with Crippen molar-refractivity contribution in [2.24, 2.45) is 0 Å². The molecule has 3 nitrogen and oxygen atoms in total. The lowest BCUT2D eigenvalue weighted by molar-refractivity contribution is -0.121. The number of hydrogen-bond donors (Lipinski definition) is 2. The number of carbonyl (C=O) groups excluding carboxylic acids is 1. The van der Waals surface area contributed by atoms with E-state index in [2.05, 4.69) is 29.7 Å². The van der Waals surface area contributed by atoms with Gasteiger partial charge in [-0.2, -0.15) is 0 Å². The molecule has 0 saturated carbocycles. The van der Waals surface area contributed by atoms with E-state index >= 15 is 0 Å². The van der Waals surface area contributed by atoms with Gasteiger partial charge in [-0.25, -0.2) is 0 Å². The third kappa shape index (κ3) is 4.77. The zero-order chi connectivity index (χ0) is 11.8. The van der Waals surface area contributed by atoms with Crippen LogP contribution in [-0.4, -0.2) is 19.0 Å². The lowest BCUT2D eigenvalue weighted by atomic mass is 10.3. The van der Waals surface area contributed by atoms with Crippen molar-refractivity contribution in [3.63, 3.8) is 0 Å². The number of nitrogens with one attached hydrogen (secondary N) is 2. The fourth-order valence-corrected chi connectivity index (χ4v) is 2.26. The number of amides is 1. The van der Waals surface area contributed by atoms with Gasteiger partial charge in [0.1, 0.15) is 0 Å². The van der Waals surface area contributed by atoms with Crippen molar-refractivity contribution in [2.75, 3.05) is 13.1 Å². The van der Waals surface area contributed by atoms with Crippen molar-refractivity contribution in [1.82, 2.24) is 10.6 Å². The Morgan fingerprint density at radius 2 is 2.06 bits per heavy atom. The topological polar surface area (TPSA) is 41.1 Å². The molecule has 90 valence electrons. The van der Waals surface area contributed by atoms with Crippen LogP contribution < -0.4 is 10.6 Å². The second-order valence-corrected chi connectivity index (χ2v) is 4.85. The number of carbonyl (C=O) groups is 1. The number of thiophene rings is 1. The summed E-state index contributed by atoms with van der Waals surface area (Å²) in [5.41, 5.74) is 0. The van der Waals surface area contributed by atoms with E-state index in [1.165, 1.54) is 9.75 Å². The number of rotatable bonds is 7. The molecule has 1 aromatic rings. The minimum absolute atomic E-state index is 0.118. The highest BCUT2D eigenvalue weighted by atomic mass is 32.1. The van der Waals surface area contributed by atoms with Gasteiger partial charge in [-0.15, -0.1) is 11.3 Å². The molecule has 0 aliphatic heterocycles. The molecule has 0 radical (unpaired) electrons. The quantitative estimate of drug-likeness (QED) is 0.715. The van der Waals surface area contributed by atoms with E-state index in [1.807, 2.05) is 6.92 Å². The lowest BCUT2D eigenvalue weighted by Gasteiger charge is -2.03. The third-order valence-corrected chi connectivity index (χ3v) is 3.53. The summed E-state index contributed by atoms with van der Waals surface area (Å²) in [4.78, 5) is 14.0. The summed E-state index contributed by atoms with van der Waals surface area (Å²) >= 11 is 1.77. The highest BCUT2D eigenvalue weighted by Crippen LogP contribution is 2.16. The highest BCUT2D eigenvalue weighted by molar-refractivity contribution is 7.11. The van der Waals surface area contributed by atoms with Gasteiger partial charge in [0.2, 0.25) is 5.91 Å². The van der Waals surface area contributed by atoms with E-state index < -0.39 is 0 Å². The van der Waals surface area contributed by atoms with E-state index in [0.29, 0.717) is 13.0 Å². The molecule has 0 atom stereocenters. The normalized spacial score (nSPS) is 10.4. The van der Waals surface area contributed by atoms with E-state index in [1.54, 1.807) is 11.3 Å². The Labute approximate surface area is 101 Å². The van der Waals surface area contributed by atoms with Crippen LogP contribution >= 0.6 is 11.3 Å². The molecular weight excluding hydrogens is 220 g/mol. The van der Waals surface area contributed by atoms with Gasteiger partial charge >= 0.3 is 0 Å². The van der Waals surface area contributed by atoms with Crippen molar-refractivity contribution < 1.29 is 4.79 Å². The fourth-order valence-electron chi connectivity index (χ4n) is 1.36. The Bertz CT molecular complexity index is 323. The van der Waals surface area contributed by atoms with Crippen molar-refractivity contribution in [3.8, 4) is 0 Å². The first-order valence-corrected chi connectivity index (χ1v) is 6.63. The fraction of sp³-hybridized carbons (Fsp3) is 0.583. The minimum atomic E-state index is 0.118. The SMILES string of the molecule is CCNCCC(=O)NCc1ccc(CC)s1. The molecule has 0 fully saturated rings. The second-order valence-electron chi connectivity index (χ2n) is 3.60.